The lowest BCUT2D eigenvalue weighted by Gasteiger charge is -2.06. The van der Waals surface area contributed by atoms with Gasteiger partial charge in [0.1, 0.15) is 5.76 Å². The number of hydrogen-bond acceptors (Lipinski definition) is 5. The molecule has 0 aliphatic rings. The second-order valence-electron chi connectivity index (χ2n) is 4.24. The van der Waals surface area contributed by atoms with E-state index in [4.69, 9.17) is 9.78 Å². The van der Waals surface area contributed by atoms with E-state index in [9.17, 15) is 4.79 Å². The van der Waals surface area contributed by atoms with E-state index in [0.717, 1.165) is 5.69 Å². The van der Waals surface area contributed by atoms with Gasteiger partial charge < -0.3 is 15.2 Å². The molecular formula is C14H14N4O2. The highest BCUT2D eigenvalue weighted by Crippen LogP contribution is 2.10. The molecule has 0 radical (unpaired) electrons. The van der Waals surface area contributed by atoms with Crippen molar-refractivity contribution in [2.45, 2.75) is 13.3 Å². The van der Waals surface area contributed by atoms with Gasteiger partial charge in [-0.1, -0.05) is 11.2 Å². The summed E-state index contributed by atoms with van der Waals surface area (Å²) in [5, 5.41) is 18.2. The van der Waals surface area contributed by atoms with Crippen LogP contribution in [0.2, 0.25) is 0 Å². The van der Waals surface area contributed by atoms with Gasteiger partial charge in [-0.25, -0.2) is 0 Å². The van der Waals surface area contributed by atoms with Gasteiger partial charge in [-0.2, -0.15) is 5.26 Å². The summed E-state index contributed by atoms with van der Waals surface area (Å²) >= 11 is 0. The number of nitrogens with zero attached hydrogens (tertiary/aromatic N) is 2. The van der Waals surface area contributed by atoms with Crippen LogP contribution < -0.4 is 10.6 Å². The Bertz CT molecular complexity index is 643. The molecule has 0 atom stereocenters. The Morgan fingerprint density at radius 3 is 3.00 bits per heavy atom. The van der Waals surface area contributed by atoms with E-state index in [1.54, 1.807) is 31.2 Å². The number of nitrogens with one attached hydrogen (secondary N) is 2. The zero-order valence-corrected chi connectivity index (χ0v) is 11.0. The summed E-state index contributed by atoms with van der Waals surface area (Å²) in [5.74, 6) is 0.910. The molecule has 6 heteroatoms. The van der Waals surface area contributed by atoms with Crippen LogP contribution in [0.3, 0.4) is 0 Å². The van der Waals surface area contributed by atoms with E-state index in [-0.39, 0.29) is 5.91 Å². The topological polar surface area (TPSA) is 91.0 Å². The highest BCUT2D eigenvalue weighted by molar-refractivity contribution is 5.89. The molecule has 0 aliphatic carbocycles. The number of nitriles is 1. The lowest BCUT2D eigenvalue weighted by Crippen LogP contribution is -2.16. The van der Waals surface area contributed by atoms with Gasteiger partial charge in [-0.05, 0) is 25.1 Å². The lowest BCUT2D eigenvalue weighted by atomic mass is 10.2. The third-order valence-corrected chi connectivity index (χ3v) is 2.57. The van der Waals surface area contributed by atoms with Crippen molar-refractivity contribution < 1.29 is 9.32 Å². The molecule has 1 aromatic heterocycles. The minimum Gasteiger partial charge on any atom is -0.384 e. The van der Waals surface area contributed by atoms with Crippen LogP contribution in [0, 0.1) is 18.3 Å². The zero-order valence-electron chi connectivity index (χ0n) is 11.0. The fraction of sp³-hybridized carbons (Fsp3) is 0.214. The van der Waals surface area contributed by atoms with Crippen molar-refractivity contribution in [2.75, 3.05) is 17.2 Å². The number of aryl methyl sites for hydroxylation is 1. The Balaban J connectivity index is 1.78. The van der Waals surface area contributed by atoms with Crippen molar-refractivity contribution in [1.29, 1.82) is 5.26 Å². The van der Waals surface area contributed by atoms with Crippen LogP contribution in [0.4, 0.5) is 11.5 Å². The summed E-state index contributed by atoms with van der Waals surface area (Å²) in [5.41, 5.74) is 1.40. The summed E-state index contributed by atoms with van der Waals surface area (Å²) in [4.78, 5) is 11.6. The summed E-state index contributed by atoms with van der Waals surface area (Å²) in [6.45, 7) is 2.23. The number of amides is 1. The Labute approximate surface area is 116 Å². The van der Waals surface area contributed by atoms with Crippen LogP contribution in [-0.2, 0) is 4.79 Å². The van der Waals surface area contributed by atoms with Gasteiger partial charge in [0.2, 0.25) is 5.91 Å². The monoisotopic (exact) mass is 270 g/mol. The molecule has 0 spiro atoms. The molecule has 1 aromatic carbocycles. The number of benzene rings is 1. The van der Waals surface area contributed by atoms with Crippen LogP contribution in [-0.4, -0.2) is 17.6 Å². The summed E-state index contributed by atoms with van der Waals surface area (Å²) in [7, 11) is 0. The summed E-state index contributed by atoms with van der Waals surface area (Å²) in [6.07, 6.45) is 0.294. The molecule has 102 valence electrons. The Morgan fingerprint density at radius 1 is 1.45 bits per heavy atom. The predicted octanol–water partition coefficient (Wildman–Crippen LogP) is 2.30. The second kappa shape index (κ2) is 6.38. The maximum absolute atomic E-state index is 11.6. The molecule has 20 heavy (non-hydrogen) atoms. The molecular weight excluding hydrogens is 256 g/mol. The first-order chi connectivity index (χ1) is 9.67. The van der Waals surface area contributed by atoms with Gasteiger partial charge in [0.25, 0.3) is 0 Å². The van der Waals surface area contributed by atoms with E-state index in [2.05, 4.69) is 21.9 Å². The first-order valence-electron chi connectivity index (χ1n) is 6.14. The molecule has 1 amide bonds. The smallest absolute Gasteiger partial charge is 0.227 e. The standard InChI is InChI=1S/C14H14N4O2/c1-10-7-13(18-20-10)17-14(19)5-6-16-12-4-2-3-11(8-12)9-15/h2-4,7-8,16H,5-6H2,1H3,(H,17,18,19). The summed E-state index contributed by atoms with van der Waals surface area (Å²) < 4.78 is 4.85. The second-order valence-corrected chi connectivity index (χ2v) is 4.24. The Kier molecular flexibility index (Phi) is 4.35. The van der Waals surface area contributed by atoms with Gasteiger partial charge in [0, 0.05) is 24.7 Å². The van der Waals surface area contributed by atoms with Crippen molar-refractivity contribution in [2.24, 2.45) is 0 Å². The number of aromatic nitrogens is 1. The highest BCUT2D eigenvalue weighted by Gasteiger charge is 2.05. The molecule has 0 saturated heterocycles. The highest BCUT2D eigenvalue weighted by atomic mass is 16.5. The van der Waals surface area contributed by atoms with Crippen LogP contribution in [0.25, 0.3) is 0 Å². The third-order valence-electron chi connectivity index (χ3n) is 2.57. The molecule has 2 rings (SSSR count). The van der Waals surface area contributed by atoms with Gasteiger partial charge in [0.15, 0.2) is 5.82 Å². The van der Waals surface area contributed by atoms with E-state index >= 15 is 0 Å². The van der Waals surface area contributed by atoms with E-state index < -0.39 is 0 Å². The van der Waals surface area contributed by atoms with Gasteiger partial charge in [-0.15, -0.1) is 0 Å². The number of carbonyl (C=O) groups is 1. The zero-order chi connectivity index (χ0) is 14.4. The van der Waals surface area contributed by atoms with Gasteiger partial charge in [0.05, 0.1) is 11.6 Å². The molecule has 0 aliphatic heterocycles. The minimum atomic E-state index is -0.151. The Morgan fingerprint density at radius 2 is 2.30 bits per heavy atom. The first-order valence-corrected chi connectivity index (χ1v) is 6.14. The minimum absolute atomic E-state index is 0.151. The molecule has 2 N–H and O–H groups in total. The average Bonchev–Trinajstić information content (AvgIpc) is 2.84. The number of hydrogen-bond donors (Lipinski definition) is 2. The number of anilines is 2. The fourth-order valence-corrected chi connectivity index (χ4v) is 1.65. The maximum atomic E-state index is 11.6. The molecule has 0 saturated carbocycles. The van der Waals surface area contributed by atoms with Crippen LogP contribution >= 0.6 is 0 Å². The summed E-state index contributed by atoms with van der Waals surface area (Å²) in [6, 6.07) is 10.8. The molecule has 0 bridgehead atoms. The van der Waals surface area contributed by atoms with Crippen molar-refractivity contribution in [3.8, 4) is 6.07 Å². The first kappa shape index (κ1) is 13.6. The maximum Gasteiger partial charge on any atom is 0.227 e. The van der Waals surface area contributed by atoms with Crippen LogP contribution in [0.15, 0.2) is 34.9 Å². The number of rotatable bonds is 5. The third kappa shape index (κ3) is 3.85. The van der Waals surface area contributed by atoms with Crippen molar-refractivity contribution in [3.63, 3.8) is 0 Å². The SMILES string of the molecule is Cc1cc(NC(=O)CCNc2cccc(C#N)c2)no1. The lowest BCUT2D eigenvalue weighted by molar-refractivity contribution is -0.116. The van der Waals surface area contributed by atoms with E-state index in [1.807, 2.05) is 6.07 Å². The Hall–Kier alpha value is -2.81. The molecule has 0 fully saturated rings. The molecule has 1 heterocycles. The quantitative estimate of drug-likeness (QED) is 0.869. The fourth-order valence-electron chi connectivity index (χ4n) is 1.65. The average molecular weight is 270 g/mol. The molecule has 6 nitrogen and oxygen atoms in total. The van der Waals surface area contributed by atoms with Gasteiger partial charge >= 0.3 is 0 Å². The van der Waals surface area contributed by atoms with Crippen LogP contribution in [0.5, 0.6) is 0 Å². The largest absolute Gasteiger partial charge is 0.384 e. The van der Waals surface area contributed by atoms with Crippen molar-refractivity contribution in [3.05, 3.63) is 41.7 Å². The van der Waals surface area contributed by atoms with Crippen molar-refractivity contribution >= 4 is 17.4 Å². The molecule has 0 unspecified atom stereocenters. The predicted molar refractivity (Wildman–Crippen MR) is 74.1 cm³/mol. The van der Waals surface area contributed by atoms with Crippen molar-refractivity contribution in [1.82, 2.24) is 5.16 Å². The van der Waals surface area contributed by atoms with E-state index in [0.29, 0.717) is 30.1 Å². The van der Waals surface area contributed by atoms with Crippen LogP contribution in [0.1, 0.15) is 17.7 Å². The van der Waals surface area contributed by atoms with Gasteiger partial charge in [-0.3, -0.25) is 4.79 Å². The number of carbonyl (C=O) groups excluding carboxylic acids is 1. The van der Waals surface area contributed by atoms with E-state index in [1.165, 1.54) is 0 Å². The molecule has 2 aromatic rings. The normalized spacial score (nSPS) is 9.80.